The SMILES string of the molecule is COc1ccc(-c2nc3c([nH]2)CN(C(=O)Cn2nccn2)CC3)cn1. The van der Waals surface area contributed by atoms with E-state index in [1.165, 1.54) is 4.80 Å². The molecule has 0 saturated heterocycles. The number of carbonyl (C=O) groups is 1. The Balaban J connectivity index is 1.49. The van der Waals surface area contributed by atoms with Crippen LogP contribution in [0.3, 0.4) is 0 Å². The van der Waals surface area contributed by atoms with Crippen LogP contribution >= 0.6 is 0 Å². The van der Waals surface area contributed by atoms with Gasteiger partial charge in [-0.2, -0.15) is 15.0 Å². The molecule has 0 bridgehead atoms. The first-order valence-corrected chi connectivity index (χ1v) is 7.93. The van der Waals surface area contributed by atoms with Gasteiger partial charge in [0.15, 0.2) is 0 Å². The quantitative estimate of drug-likeness (QED) is 0.749. The number of nitrogens with zero attached hydrogens (tertiary/aromatic N) is 6. The van der Waals surface area contributed by atoms with Crippen molar-refractivity contribution < 1.29 is 9.53 Å². The average Bonchev–Trinajstić information content (AvgIpc) is 3.30. The summed E-state index contributed by atoms with van der Waals surface area (Å²) in [5.41, 5.74) is 2.83. The van der Waals surface area contributed by atoms with E-state index >= 15 is 0 Å². The molecule has 1 aliphatic rings. The maximum Gasteiger partial charge on any atom is 0.246 e. The van der Waals surface area contributed by atoms with E-state index in [1.54, 1.807) is 36.7 Å². The molecule has 0 aliphatic carbocycles. The van der Waals surface area contributed by atoms with Crippen molar-refractivity contribution >= 4 is 5.91 Å². The first-order valence-electron chi connectivity index (χ1n) is 7.93. The van der Waals surface area contributed by atoms with Crippen molar-refractivity contribution in [1.82, 2.24) is 34.8 Å². The number of fused-ring (bicyclic) bond motifs is 1. The largest absolute Gasteiger partial charge is 0.481 e. The Labute approximate surface area is 143 Å². The van der Waals surface area contributed by atoms with Gasteiger partial charge in [0.2, 0.25) is 11.8 Å². The highest BCUT2D eigenvalue weighted by Crippen LogP contribution is 2.23. The van der Waals surface area contributed by atoms with Gasteiger partial charge in [0.05, 0.1) is 37.4 Å². The minimum absolute atomic E-state index is 0.0101. The molecule has 1 amide bonds. The molecular weight excluding hydrogens is 322 g/mol. The Morgan fingerprint density at radius 1 is 1.32 bits per heavy atom. The molecule has 0 radical (unpaired) electrons. The van der Waals surface area contributed by atoms with Crippen LogP contribution in [0, 0.1) is 0 Å². The third-order valence-corrected chi connectivity index (χ3v) is 4.15. The van der Waals surface area contributed by atoms with Crippen molar-refractivity contribution in [3.63, 3.8) is 0 Å². The van der Waals surface area contributed by atoms with Crippen LogP contribution in [0.5, 0.6) is 5.88 Å². The number of imidazole rings is 1. The number of aromatic nitrogens is 6. The van der Waals surface area contributed by atoms with Crippen molar-refractivity contribution in [2.45, 2.75) is 19.5 Å². The highest BCUT2D eigenvalue weighted by atomic mass is 16.5. The van der Waals surface area contributed by atoms with Gasteiger partial charge in [-0.25, -0.2) is 9.97 Å². The van der Waals surface area contributed by atoms with E-state index in [0.717, 1.165) is 22.8 Å². The van der Waals surface area contributed by atoms with E-state index in [2.05, 4.69) is 25.1 Å². The highest BCUT2D eigenvalue weighted by Gasteiger charge is 2.24. The molecule has 3 aromatic rings. The van der Waals surface area contributed by atoms with Gasteiger partial charge >= 0.3 is 0 Å². The summed E-state index contributed by atoms with van der Waals surface area (Å²) < 4.78 is 5.07. The molecule has 4 heterocycles. The fraction of sp³-hybridized carbons (Fsp3) is 0.312. The summed E-state index contributed by atoms with van der Waals surface area (Å²) in [6, 6.07) is 3.70. The third kappa shape index (κ3) is 3.08. The van der Waals surface area contributed by atoms with Crippen molar-refractivity contribution in [2.75, 3.05) is 13.7 Å². The standard InChI is InChI=1S/C16H17N7O2/c1-25-14-3-2-11(8-17-14)16-20-12-4-7-22(9-13(12)21-16)15(24)10-23-18-5-6-19-23/h2-3,5-6,8H,4,7,9-10H2,1H3,(H,20,21). The number of ether oxygens (including phenoxy) is 1. The Morgan fingerprint density at radius 3 is 2.88 bits per heavy atom. The topological polar surface area (TPSA) is 102 Å². The zero-order chi connectivity index (χ0) is 17.2. The van der Waals surface area contributed by atoms with Gasteiger partial charge in [0.1, 0.15) is 12.4 Å². The zero-order valence-electron chi connectivity index (χ0n) is 13.7. The fourth-order valence-electron chi connectivity index (χ4n) is 2.83. The zero-order valence-corrected chi connectivity index (χ0v) is 13.7. The van der Waals surface area contributed by atoms with Gasteiger partial charge in [0.25, 0.3) is 0 Å². The second-order valence-corrected chi connectivity index (χ2v) is 5.72. The predicted molar refractivity (Wildman–Crippen MR) is 87.5 cm³/mol. The van der Waals surface area contributed by atoms with Crippen LogP contribution in [-0.2, 0) is 24.3 Å². The van der Waals surface area contributed by atoms with Gasteiger partial charge < -0.3 is 14.6 Å². The second kappa shape index (κ2) is 6.34. The fourth-order valence-corrected chi connectivity index (χ4v) is 2.83. The van der Waals surface area contributed by atoms with E-state index < -0.39 is 0 Å². The molecule has 1 aliphatic heterocycles. The first-order chi connectivity index (χ1) is 12.2. The summed E-state index contributed by atoms with van der Waals surface area (Å²) in [7, 11) is 1.58. The van der Waals surface area contributed by atoms with Crippen molar-refractivity contribution in [2.24, 2.45) is 0 Å². The van der Waals surface area contributed by atoms with E-state index in [-0.39, 0.29) is 12.5 Å². The van der Waals surface area contributed by atoms with Crippen LogP contribution in [0.25, 0.3) is 11.4 Å². The molecule has 0 fully saturated rings. The van der Waals surface area contributed by atoms with Crippen LogP contribution in [0.2, 0.25) is 0 Å². The van der Waals surface area contributed by atoms with Crippen molar-refractivity contribution in [1.29, 1.82) is 0 Å². The molecule has 4 rings (SSSR count). The molecule has 0 atom stereocenters. The molecule has 128 valence electrons. The number of carbonyl (C=O) groups excluding carboxylic acids is 1. The van der Waals surface area contributed by atoms with Crippen LogP contribution in [0.4, 0.5) is 0 Å². The van der Waals surface area contributed by atoms with E-state index in [0.29, 0.717) is 25.4 Å². The molecule has 25 heavy (non-hydrogen) atoms. The van der Waals surface area contributed by atoms with E-state index in [1.807, 2.05) is 6.07 Å². The maximum atomic E-state index is 12.4. The Hall–Kier alpha value is -3.23. The third-order valence-electron chi connectivity index (χ3n) is 4.15. The predicted octanol–water partition coefficient (Wildman–Crippen LogP) is 0.657. The highest BCUT2D eigenvalue weighted by molar-refractivity contribution is 5.76. The van der Waals surface area contributed by atoms with Gasteiger partial charge in [-0.3, -0.25) is 4.79 Å². The van der Waals surface area contributed by atoms with Gasteiger partial charge in [-0.1, -0.05) is 0 Å². The average molecular weight is 339 g/mol. The van der Waals surface area contributed by atoms with Crippen LogP contribution < -0.4 is 4.74 Å². The van der Waals surface area contributed by atoms with E-state index in [4.69, 9.17) is 4.74 Å². The smallest absolute Gasteiger partial charge is 0.246 e. The molecule has 9 nitrogen and oxygen atoms in total. The molecule has 1 N–H and O–H groups in total. The number of rotatable bonds is 4. The number of nitrogens with one attached hydrogen (secondary N) is 1. The molecule has 0 aromatic carbocycles. The van der Waals surface area contributed by atoms with Gasteiger partial charge in [-0.15, -0.1) is 0 Å². The molecule has 0 unspecified atom stereocenters. The summed E-state index contributed by atoms with van der Waals surface area (Å²) in [5, 5.41) is 7.95. The lowest BCUT2D eigenvalue weighted by Gasteiger charge is -2.25. The van der Waals surface area contributed by atoms with Gasteiger partial charge in [0, 0.05) is 30.8 Å². The summed E-state index contributed by atoms with van der Waals surface area (Å²) in [6.45, 7) is 1.29. The monoisotopic (exact) mass is 339 g/mol. The molecule has 9 heteroatoms. The summed E-state index contributed by atoms with van der Waals surface area (Å²) in [4.78, 5) is 27.7. The number of hydrogen-bond donors (Lipinski definition) is 1. The number of amides is 1. The lowest BCUT2D eigenvalue weighted by atomic mass is 10.1. The Kier molecular flexibility index (Phi) is 3.88. The van der Waals surface area contributed by atoms with Crippen molar-refractivity contribution in [3.05, 3.63) is 42.1 Å². The van der Waals surface area contributed by atoms with E-state index in [9.17, 15) is 4.79 Å². The van der Waals surface area contributed by atoms with Crippen LogP contribution in [0.1, 0.15) is 11.4 Å². The number of aromatic amines is 1. The first kappa shape index (κ1) is 15.3. The molecule has 0 saturated carbocycles. The molecular formula is C16H17N7O2. The number of H-pyrrole nitrogens is 1. The minimum atomic E-state index is -0.0101. The Bertz CT molecular complexity index is 871. The normalized spacial score (nSPS) is 13.6. The Morgan fingerprint density at radius 2 is 2.16 bits per heavy atom. The summed E-state index contributed by atoms with van der Waals surface area (Å²) in [6.07, 6.45) is 5.56. The lowest BCUT2D eigenvalue weighted by Crippen LogP contribution is -2.38. The summed E-state index contributed by atoms with van der Waals surface area (Å²) >= 11 is 0. The van der Waals surface area contributed by atoms with Crippen LogP contribution in [0.15, 0.2) is 30.7 Å². The minimum Gasteiger partial charge on any atom is -0.481 e. The van der Waals surface area contributed by atoms with Gasteiger partial charge in [-0.05, 0) is 6.07 Å². The molecule has 0 spiro atoms. The molecule has 3 aromatic heterocycles. The summed E-state index contributed by atoms with van der Waals surface area (Å²) in [5.74, 6) is 1.30. The number of hydrogen-bond acceptors (Lipinski definition) is 6. The number of pyridine rings is 1. The maximum absolute atomic E-state index is 12.4. The second-order valence-electron chi connectivity index (χ2n) is 5.72. The van der Waals surface area contributed by atoms with Crippen molar-refractivity contribution in [3.8, 4) is 17.3 Å². The lowest BCUT2D eigenvalue weighted by molar-refractivity contribution is -0.133. The van der Waals surface area contributed by atoms with Crippen LogP contribution in [-0.4, -0.2) is 54.4 Å². The number of methoxy groups -OCH3 is 1.